The van der Waals surface area contributed by atoms with Gasteiger partial charge in [0.2, 0.25) is 0 Å². The van der Waals surface area contributed by atoms with Crippen LogP contribution in [0.1, 0.15) is 168 Å². The molecule has 0 aliphatic rings. The zero-order chi connectivity index (χ0) is 25.7. The smallest absolute Gasteiger partial charge is 0.434 e. The van der Waals surface area contributed by atoms with E-state index in [1.807, 2.05) is 0 Å². The van der Waals surface area contributed by atoms with Gasteiger partial charge >= 0.3 is 6.16 Å². The van der Waals surface area contributed by atoms with E-state index in [-0.39, 0.29) is 0 Å². The van der Waals surface area contributed by atoms with Crippen LogP contribution in [-0.4, -0.2) is 19.4 Å². The summed E-state index contributed by atoms with van der Waals surface area (Å²) in [6.45, 7) is 7.88. The summed E-state index contributed by atoms with van der Waals surface area (Å²) in [5.74, 6) is 0.841. The van der Waals surface area contributed by atoms with Crippen molar-refractivity contribution in [3.05, 3.63) is 12.2 Å². The Kier molecular flexibility index (Phi) is 28.4. The van der Waals surface area contributed by atoms with Crippen molar-refractivity contribution in [1.82, 2.24) is 0 Å². The second-order valence-electron chi connectivity index (χ2n) is 10.9. The lowest BCUT2D eigenvalue weighted by Gasteiger charge is -2.07. The van der Waals surface area contributed by atoms with E-state index in [2.05, 4.69) is 32.9 Å². The molecule has 0 aromatic rings. The van der Waals surface area contributed by atoms with Gasteiger partial charge in [0, 0.05) is 0 Å². The van der Waals surface area contributed by atoms with E-state index < -0.39 is 6.16 Å². The molecule has 0 aromatic heterocycles. The Bertz CT molecular complexity index is 444. The van der Waals surface area contributed by atoms with Crippen molar-refractivity contribution in [2.45, 2.75) is 168 Å². The predicted molar refractivity (Wildman–Crippen MR) is 153 cm³/mol. The molecule has 0 fully saturated rings. The zero-order valence-corrected chi connectivity index (χ0v) is 24.1. The first kappa shape index (κ1) is 34.0. The molecule has 0 amide bonds. The molecule has 0 atom stereocenters. The molecule has 0 bridgehead atoms. The Labute approximate surface area is 220 Å². The summed E-state index contributed by atoms with van der Waals surface area (Å²) in [5.41, 5.74) is 0. The highest BCUT2D eigenvalue weighted by Gasteiger charge is 2.03. The van der Waals surface area contributed by atoms with Crippen LogP contribution in [0.25, 0.3) is 0 Å². The van der Waals surface area contributed by atoms with Gasteiger partial charge in [-0.25, -0.2) is 4.79 Å². The summed E-state index contributed by atoms with van der Waals surface area (Å²) in [6, 6.07) is 0. The molecular formula is C32H62O3. The molecule has 0 unspecified atom stereocenters. The number of carbonyl (C=O) groups excluding carboxylic acids is 1. The highest BCUT2D eigenvalue weighted by molar-refractivity contribution is 5.59. The number of rotatable bonds is 27. The molecule has 0 spiro atoms. The van der Waals surface area contributed by atoms with Crippen molar-refractivity contribution < 1.29 is 14.3 Å². The lowest BCUT2D eigenvalue weighted by atomic mass is 10.0. The van der Waals surface area contributed by atoms with Crippen LogP contribution in [0.3, 0.4) is 0 Å². The summed E-state index contributed by atoms with van der Waals surface area (Å²) in [5, 5.41) is 0. The van der Waals surface area contributed by atoms with Crippen LogP contribution in [0.2, 0.25) is 0 Å². The van der Waals surface area contributed by atoms with Crippen LogP contribution >= 0.6 is 0 Å². The molecular weight excluding hydrogens is 432 g/mol. The highest BCUT2D eigenvalue weighted by Crippen LogP contribution is 2.13. The maximum atomic E-state index is 11.6. The monoisotopic (exact) mass is 494 g/mol. The summed E-state index contributed by atoms with van der Waals surface area (Å²) in [6.07, 6.45) is 33.8. The minimum Gasteiger partial charge on any atom is -0.434 e. The van der Waals surface area contributed by atoms with Gasteiger partial charge in [-0.15, -0.1) is 0 Å². The first-order valence-corrected chi connectivity index (χ1v) is 15.6. The van der Waals surface area contributed by atoms with Crippen molar-refractivity contribution >= 4 is 6.16 Å². The number of allylic oxidation sites excluding steroid dienone is 2. The van der Waals surface area contributed by atoms with Gasteiger partial charge in [0.05, 0.1) is 13.2 Å². The molecule has 3 nitrogen and oxygen atoms in total. The van der Waals surface area contributed by atoms with Crippen LogP contribution in [0.15, 0.2) is 12.2 Å². The fourth-order valence-corrected chi connectivity index (χ4v) is 4.42. The molecule has 0 radical (unpaired) electrons. The lowest BCUT2D eigenvalue weighted by Crippen LogP contribution is -2.09. The SMILES string of the molecule is CCCCCCCC/C=C\CCCCCCCCOC(=O)OCCCCCCCCCCC(C)C. The number of hydrogen-bond donors (Lipinski definition) is 0. The van der Waals surface area contributed by atoms with Crippen LogP contribution in [-0.2, 0) is 9.47 Å². The second-order valence-corrected chi connectivity index (χ2v) is 10.9. The van der Waals surface area contributed by atoms with Gasteiger partial charge in [-0.3, -0.25) is 0 Å². The normalized spacial score (nSPS) is 11.5. The van der Waals surface area contributed by atoms with E-state index in [9.17, 15) is 4.79 Å². The molecule has 3 heteroatoms. The third-order valence-electron chi connectivity index (χ3n) is 6.77. The van der Waals surface area contributed by atoms with Gasteiger partial charge in [-0.1, -0.05) is 142 Å². The minimum atomic E-state index is -0.483. The third-order valence-corrected chi connectivity index (χ3v) is 6.77. The second kappa shape index (κ2) is 29.2. The summed E-state index contributed by atoms with van der Waals surface area (Å²) >= 11 is 0. The molecule has 0 saturated heterocycles. The van der Waals surface area contributed by atoms with Crippen molar-refractivity contribution in [2.75, 3.05) is 13.2 Å². The van der Waals surface area contributed by atoms with Crippen LogP contribution in [0.4, 0.5) is 4.79 Å². The zero-order valence-electron chi connectivity index (χ0n) is 24.1. The standard InChI is InChI=1S/C32H62O3/c1-4-5-6-7-8-9-10-11-12-13-14-15-17-20-23-26-29-34-32(33)35-30-27-24-21-18-16-19-22-25-28-31(2)3/h11-12,31H,4-10,13-30H2,1-3H3/b12-11-. The first-order valence-electron chi connectivity index (χ1n) is 15.6. The Morgan fingerprint density at radius 1 is 0.543 bits per heavy atom. The van der Waals surface area contributed by atoms with E-state index in [0.29, 0.717) is 13.2 Å². The maximum absolute atomic E-state index is 11.6. The molecule has 0 aromatic carbocycles. The van der Waals surface area contributed by atoms with Crippen molar-refractivity contribution in [3.8, 4) is 0 Å². The Morgan fingerprint density at radius 3 is 1.34 bits per heavy atom. The van der Waals surface area contributed by atoms with Gasteiger partial charge in [0.25, 0.3) is 0 Å². The summed E-state index contributed by atoms with van der Waals surface area (Å²) in [4.78, 5) is 11.6. The quantitative estimate of drug-likeness (QED) is 0.0647. The van der Waals surface area contributed by atoms with E-state index in [4.69, 9.17) is 9.47 Å². The number of carbonyl (C=O) groups is 1. The largest absolute Gasteiger partial charge is 0.508 e. The molecule has 0 saturated carbocycles. The van der Waals surface area contributed by atoms with Crippen LogP contribution < -0.4 is 0 Å². The molecule has 0 aliphatic heterocycles. The summed E-state index contributed by atoms with van der Waals surface area (Å²) < 4.78 is 10.4. The minimum absolute atomic E-state index is 0.483. The molecule has 0 rings (SSSR count). The van der Waals surface area contributed by atoms with Crippen molar-refractivity contribution in [3.63, 3.8) is 0 Å². The number of hydrogen-bond acceptors (Lipinski definition) is 3. The average molecular weight is 495 g/mol. The van der Waals surface area contributed by atoms with Crippen molar-refractivity contribution in [1.29, 1.82) is 0 Å². The molecule has 0 aliphatic carbocycles. The molecule has 208 valence electrons. The van der Waals surface area contributed by atoms with E-state index in [1.165, 1.54) is 122 Å². The van der Waals surface area contributed by atoms with E-state index in [1.54, 1.807) is 0 Å². The highest BCUT2D eigenvalue weighted by atomic mass is 16.7. The van der Waals surface area contributed by atoms with Gasteiger partial charge in [-0.05, 0) is 44.4 Å². The summed E-state index contributed by atoms with van der Waals surface area (Å²) in [7, 11) is 0. The fraction of sp³-hybridized carbons (Fsp3) is 0.906. The number of ether oxygens (including phenoxy) is 2. The van der Waals surface area contributed by atoms with Crippen molar-refractivity contribution in [2.24, 2.45) is 5.92 Å². The van der Waals surface area contributed by atoms with Crippen LogP contribution in [0, 0.1) is 5.92 Å². The maximum Gasteiger partial charge on any atom is 0.508 e. The molecule has 0 N–H and O–H groups in total. The van der Waals surface area contributed by atoms with Gasteiger partial charge in [0.15, 0.2) is 0 Å². The van der Waals surface area contributed by atoms with Gasteiger partial charge in [0.1, 0.15) is 0 Å². The third kappa shape index (κ3) is 31.0. The molecule has 35 heavy (non-hydrogen) atoms. The van der Waals surface area contributed by atoms with Gasteiger partial charge in [-0.2, -0.15) is 0 Å². The predicted octanol–water partition coefficient (Wildman–Crippen LogP) is 11.3. The molecule has 0 heterocycles. The average Bonchev–Trinajstić information content (AvgIpc) is 2.84. The van der Waals surface area contributed by atoms with E-state index in [0.717, 1.165) is 31.6 Å². The van der Waals surface area contributed by atoms with Crippen LogP contribution in [0.5, 0.6) is 0 Å². The van der Waals surface area contributed by atoms with Gasteiger partial charge < -0.3 is 9.47 Å². The first-order chi connectivity index (χ1) is 17.2. The number of unbranched alkanes of at least 4 members (excludes halogenated alkanes) is 19. The van der Waals surface area contributed by atoms with E-state index >= 15 is 0 Å². The Morgan fingerprint density at radius 2 is 0.914 bits per heavy atom. The topological polar surface area (TPSA) is 35.5 Å². The Balaban J connectivity index is 3.20. The Hall–Kier alpha value is -0.990. The lowest BCUT2D eigenvalue weighted by molar-refractivity contribution is 0.0529. The fourth-order valence-electron chi connectivity index (χ4n) is 4.42.